The number of aliphatic imine (C=N–C) groups is 1. The van der Waals surface area contributed by atoms with Gasteiger partial charge in [-0.05, 0) is 30.2 Å². The predicted octanol–water partition coefficient (Wildman–Crippen LogP) is 2.54. The molecule has 0 amide bonds. The van der Waals surface area contributed by atoms with Crippen LogP contribution < -0.4 is 20.1 Å². The highest BCUT2D eigenvalue weighted by molar-refractivity contribution is 5.79. The minimum absolute atomic E-state index is 0.00944. The van der Waals surface area contributed by atoms with E-state index in [4.69, 9.17) is 15.9 Å². The molecule has 0 aromatic heterocycles. The Bertz CT molecular complexity index is 816. The van der Waals surface area contributed by atoms with Crippen molar-refractivity contribution in [3.05, 3.63) is 59.7 Å². The lowest BCUT2D eigenvalue weighted by Gasteiger charge is -2.18. The highest BCUT2D eigenvalue weighted by Gasteiger charge is 2.11. The van der Waals surface area contributed by atoms with E-state index in [9.17, 15) is 5.11 Å². The van der Waals surface area contributed by atoms with Crippen molar-refractivity contribution in [2.45, 2.75) is 19.4 Å². The molecule has 0 aliphatic heterocycles. The first-order chi connectivity index (χ1) is 14.2. The van der Waals surface area contributed by atoms with Crippen LogP contribution in [0.25, 0.3) is 0 Å². The fourth-order valence-electron chi connectivity index (χ4n) is 2.80. The first kappa shape index (κ1) is 22.1. The van der Waals surface area contributed by atoms with Crippen LogP contribution in [0, 0.1) is 12.3 Å². The van der Waals surface area contributed by atoms with E-state index in [2.05, 4.69) is 21.5 Å². The van der Waals surface area contributed by atoms with Crippen LogP contribution in [0.1, 0.15) is 24.0 Å². The average molecular weight is 396 g/mol. The Morgan fingerprint density at radius 2 is 1.97 bits per heavy atom. The van der Waals surface area contributed by atoms with Gasteiger partial charge in [0.15, 0.2) is 17.5 Å². The van der Waals surface area contributed by atoms with Crippen molar-refractivity contribution in [2.75, 3.05) is 33.4 Å². The number of hydrogen-bond donors (Lipinski definition) is 3. The van der Waals surface area contributed by atoms with E-state index in [1.165, 1.54) is 0 Å². The summed E-state index contributed by atoms with van der Waals surface area (Å²) in [7, 11) is 1.59. The number of methoxy groups -OCH3 is 1. The van der Waals surface area contributed by atoms with Crippen molar-refractivity contribution in [1.29, 1.82) is 0 Å². The third-order valence-electron chi connectivity index (χ3n) is 4.31. The summed E-state index contributed by atoms with van der Waals surface area (Å²) in [6.45, 7) is 4.02. The van der Waals surface area contributed by atoms with Crippen LogP contribution in [0.4, 0.5) is 0 Å². The van der Waals surface area contributed by atoms with Gasteiger partial charge >= 0.3 is 0 Å². The van der Waals surface area contributed by atoms with E-state index in [-0.39, 0.29) is 19.1 Å². The quantitative estimate of drug-likeness (QED) is 0.328. The summed E-state index contributed by atoms with van der Waals surface area (Å²) in [5.74, 6) is 4.36. The second kappa shape index (κ2) is 12.3. The predicted molar refractivity (Wildman–Crippen MR) is 116 cm³/mol. The number of aliphatic hydroxyl groups is 1. The SMILES string of the molecule is C#CCOc1cc(CN=C(NCC)NCC(CO)c2ccccc2)ccc1OC. The number of aliphatic hydroxyl groups excluding tert-OH is 1. The maximum absolute atomic E-state index is 9.74. The highest BCUT2D eigenvalue weighted by Crippen LogP contribution is 2.28. The van der Waals surface area contributed by atoms with Gasteiger partial charge in [-0.3, -0.25) is 0 Å². The lowest BCUT2D eigenvalue weighted by atomic mass is 10.0. The summed E-state index contributed by atoms with van der Waals surface area (Å²) in [6.07, 6.45) is 5.28. The van der Waals surface area contributed by atoms with Crippen molar-refractivity contribution in [2.24, 2.45) is 4.99 Å². The molecule has 6 nitrogen and oxygen atoms in total. The Labute approximate surface area is 173 Å². The number of rotatable bonds is 10. The lowest BCUT2D eigenvalue weighted by Crippen LogP contribution is -2.39. The molecule has 0 saturated carbocycles. The highest BCUT2D eigenvalue weighted by atomic mass is 16.5. The molecule has 0 heterocycles. The molecule has 6 heteroatoms. The topological polar surface area (TPSA) is 75.1 Å². The van der Waals surface area contributed by atoms with Crippen LogP contribution >= 0.6 is 0 Å². The molecule has 1 unspecified atom stereocenters. The normalized spacial score (nSPS) is 12.0. The van der Waals surface area contributed by atoms with E-state index in [1.54, 1.807) is 7.11 Å². The van der Waals surface area contributed by atoms with Gasteiger partial charge in [-0.2, -0.15) is 0 Å². The van der Waals surface area contributed by atoms with Crippen molar-refractivity contribution in [3.63, 3.8) is 0 Å². The molecule has 0 saturated heterocycles. The second-order valence-corrected chi connectivity index (χ2v) is 6.34. The molecule has 1 atom stereocenters. The van der Waals surface area contributed by atoms with Crippen molar-refractivity contribution < 1.29 is 14.6 Å². The molecule has 2 aromatic rings. The number of nitrogens with one attached hydrogen (secondary N) is 2. The van der Waals surface area contributed by atoms with Crippen molar-refractivity contribution >= 4 is 5.96 Å². The van der Waals surface area contributed by atoms with Crippen molar-refractivity contribution in [3.8, 4) is 23.8 Å². The van der Waals surface area contributed by atoms with Gasteiger partial charge in [-0.1, -0.05) is 42.3 Å². The zero-order valence-electron chi connectivity index (χ0n) is 17.0. The minimum Gasteiger partial charge on any atom is -0.493 e. The first-order valence-corrected chi connectivity index (χ1v) is 9.63. The van der Waals surface area contributed by atoms with Crippen LogP contribution in [0.15, 0.2) is 53.5 Å². The van der Waals surface area contributed by atoms with Crippen LogP contribution in [0.5, 0.6) is 11.5 Å². The largest absolute Gasteiger partial charge is 0.493 e. The van der Waals surface area contributed by atoms with Crippen LogP contribution in [0.2, 0.25) is 0 Å². The molecule has 0 spiro atoms. The molecule has 0 radical (unpaired) electrons. The average Bonchev–Trinajstić information content (AvgIpc) is 2.77. The smallest absolute Gasteiger partial charge is 0.191 e. The third-order valence-corrected chi connectivity index (χ3v) is 4.31. The van der Waals surface area contributed by atoms with E-state index in [0.29, 0.717) is 30.5 Å². The molecule has 0 aliphatic rings. The van der Waals surface area contributed by atoms with Gasteiger partial charge in [-0.25, -0.2) is 4.99 Å². The molecular formula is C23H29N3O3. The van der Waals surface area contributed by atoms with Crippen molar-refractivity contribution in [1.82, 2.24) is 10.6 Å². The van der Waals surface area contributed by atoms with Crippen LogP contribution in [-0.4, -0.2) is 44.5 Å². The third kappa shape index (κ3) is 7.05. The van der Waals surface area contributed by atoms with Crippen LogP contribution in [-0.2, 0) is 6.54 Å². The summed E-state index contributed by atoms with van der Waals surface area (Å²) in [6, 6.07) is 15.6. The Hall–Kier alpha value is -3.17. The van der Waals surface area contributed by atoms with E-state index >= 15 is 0 Å². The number of nitrogens with zero attached hydrogens (tertiary/aromatic N) is 1. The Balaban J connectivity index is 2.05. The zero-order chi connectivity index (χ0) is 20.9. The Morgan fingerprint density at radius 3 is 2.62 bits per heavy atom. The van der Waals surface area contributed by atoms with Gasteiger partial charge < -0.3 is 25.2 Å². The summed E-state index contributed by atoms with van der Waals surface area (Å²) in [5.41, 5.74) is 2.06. The lowest BCUT2D eigenvalue weighted by molar-refractivity contribution is 0.265. The van der Waals surface area contributed by atoms with E-state index in [0.717, 1.165) is 17.7 Å². The summed E-state index contributed by atoms with van der Waals surface area (Å²) in [4.78, 5) is 4.64. The maximum Gasteiger partial charge on any atom is 0.191 e. The molecular weight excluding hydrogens is 366 g/mol. The number of terminal acetylenes is 1. The van der Waals surface area contributed by atoms with E-state index < -0.39 is 0 Å². The number of guanidine groups is 1. The van der Waals surface area contributed by atoms with E-state index in [1.807, 2.05) is 55.5 Å². The first-order valence-electron chi connectivity index (χ1n) is 9.63. The molecule has 0 bridgehead atoms. The Morgan fingerprint density at radius 1 is 1.17 bits per heavy atom. The minimum atomic E-state index is -0.00944. The molecule has 29 heavy (non-hydrogen) atoms. The monoisotopic (exact) mass is 395 g/mol. The second-order valence-electron chi connectivity index (χ2n) is 6.34. The van der Waals surface area contributed by atoms with Gasteiger partial charge in [0.1, 0.15) is 6.61 Å². The van der Waals surface area contributed by atoms with Gasteiger partial charge in [0, 0.05) is 19.0 Å². The zero-order valence-corrected chi connectivity index (χ0v) is 17.0. The maximum atomic E-state index is 9.74. The Kier molecular flexibility index (Phi) is 9.40. The molecule has 154 valence electrons. The fourth-order valence-corrected chi connectivity index (χ4v) is 2.80. The number of hydrogen-bond acceptors (Lipinski definition) is 4. The summed E-state index contributed by atoms with van der Waals surface area (Å²) < 4.78 is 10.8. The van der Waals surface area contributed by atoms with Gasteiger partial charge in [-0.15, -0.1) is 6.42 Å². The van der Waals surface area contributed by atoms with Gasteiger partial charge in [0.05, 0.1) is 20.3 Å². The molecule has 2 rings (SSSR count). The molecule has 0 fully saturated rings. The molecule has 3 N–H and O–H groups in total. The summed E-state index contributed by atoms with van der Waals surface area (Å²) >= 11 is 0. The standard InChI is InChI=1S/C23H29N3O3/c1-4-13-29-22-14-18(11-12-21(22)28-3)15-25-23(24-5-2)26-16-20(17-27)19-9-7-6-8-10-19/h1,6-12,14,20,27H,5,13,15-17H2,2-3H3,(H2,24,25,26). The number of ether oxygens (including phenoxy) is 2. The van der Waals surface area contributed by atoms with Crippen LogP contribution in [0.3, 0.4) is 0 Å². The fraction of sp³-hybridized carbons (Fsp3) is 0.348. The number of benzene rings is 2. The molecule has 0 aliphatic carbocycles. The van der Waals surface area contributed by atoms with Gasteiger partial charge in [0.2, 0.25) is 0 Å². The molecule has 2 aromatic carbocycles. The van der Waals surface area contributed by atoms with Gasteiger partial charge in [0.25, 0.3) is 0 Å². The summed E-state index contributed by atoms with van der Waals surface area (Å²) in [5, 5.41) is 16.3.